The normalized spacial score (nSPS) is 30.1. The summed E-state index contributed by atoms with van der Waals surface area (Å²) in [5.41, 5.74) is 0.513. The van der Waals surface area contributed by atoms with Crippen LogP contribution in [0.15, 0.2) is 34.1 Å². The molecule has 4 rings (SSSR count). The fourth-order valence-corrected chi connectivity index (χ4v) is 4.30. The number of nitrogens with zero attached hydrogens (tertiary/aromatic N) is 2. The SMILES string of the molecule is C/C=c1/sc2n(c1=O)C1c3ccccc3OC(C)(N=2)C1C. The Balaban J connectivity index is 2.15. The maximum absolute atomic E-state index is 12.6. The molecule has 2 aliphatic rings. The molecule has 2 aromatic rings. The molecule has 0 spiro atoms. The van der Waals surface area contributed by atoms with Crippen LogP contribution in [0, 0.1) is 5.92 Å². The van der Waals surface area contributed by atoms with Crippen molar-refractivity contribution >= 4 is 17.4 Å². The predicted octanol–water partition coefficient (Wildman–Crippen LogP) is 1.68. The number of thiazole rings is 1. The zero-order valence-electron chi connectivity index (χ0n) is 12.2. The summed E-state index contributed by atoms with van der Waals surface area (Å²) in [6.45, 7) is 6.00. The molecule has 2 bridgehead atoms. The molecule has 0 fully saturated rings. The minimum Gasteiger partial charge on any atom is -0.466 e. The standard InChI is InChI=1S/C16H16N2O2S/c1-4-12-14(19)18-13-9(2)16(3,17-15(18)21-12)20-11-8-6-5-7-10(11)13/h4-9,13H,1-3H3/b12-4+. The number of rotatable bonds is 0. The minimum absolute atomic E-state index is 0.00935. The number of hydrogen-bond acceptors (Lipinski definition) is 4. The Morgan fingerprint density at radius 2 is 2.19 bits per heavy atom. The Bertz CT molecular complexity index is 911. The fourth-order valence-electron chi connectivity index (χ4n) is 3.27. The molecular weight excluding hydrogens is 284 g/mol. The van der Waals surface area contributed by atoms with Crippen molar-refractivity contribution in [3.8, 4) is 5.75 Å². The lowest BCUT2D eigenvalue weighted by atomic mass is 9.83. The largest absolute Gasteiger partial charge is 0.466 e. The van der Waals surface area contributed by atoms with Crippen molar-refractivity contribution in [2.24, 2.45) is 10.9 Å². The lowest BCUT2D eigenvalue weighted by Gasteiger charge is -2.45. The van der Waals surface area contributed by atoms with Crippen LogP contribution in [0.4, 0.5) is 0 Å². The fraction of sp³-hybridized carbons (Fsp3) is 0.375. The second-order valence-corrected chi connectivity index (χ2v) is 6.76. The Morgan fingerprint density at radius 3 is 2.95 bits per heavy atom. The smallest absolute Gasteiger partial charge is 0.270 e. The first-order valence-electron chi connectivity index (χ1n) is 7.10. The third-order valence-electron chi connectivity index (χ3n) is 4.57. The van der Waals surface area contributed by atoms with E-state index in [0.29, 0.717) is 0 Å². The molecule has 0 radical (unpaired) electrons. The van der Waals surface area contributed by atoms with E-state index in [9.17, 15) is 4.79 Å². The van der Waals surface area contributed by atoms with Gasteiger partial charge in [-0.3, -0.25) is 9.36 Å². The lowest BCUT2D eigenvalue weighted by molar-refractivity contribution is -0.0121. The maximum atomic E-state index is 12.6. The summed E-state index contributed by atoms with van der Waals surface area (Å²) in [6.07, 6.45) is 1.86. The molecular formula is C16H16N2O2S. The van der Waals surface area contributed by atoms with E-state index >= 15 is 0 Å². The van der Waals surface area contributed by atoms with Crippen LogP contribution in [0.2, 0.25) is 0 Å². The van der Waals surface area contributed by atoms with Gasteiger partial charge in [0.25, 0.3) is 5.56 Å². The van der Waals surface area contributed by atoms with Crippen LogP contribution in [0.1, 0.15) is 32.4 Å². The van der Waals surface area contributed by atoms with Crippen LogP contribution in [0.5, 0.6) is 5.75 Å². The highest BCUT2D eigenvalue weighted by Gasteiger charge is 2.48. The van der Waals surface area contributed by atoms with E-state index in [2.05, 4.69) is 6.92 Å². The summed E-state index contributed by atoms with van der Waals surface area (Å²) in [7, 11) is 0. The molecule has 3 unspecified atom stereocenters. The predicted molar refractivity (Wildman–Crippen MR) is 82.3 cm³/mol. The third kappa shape index (κ3) is 1.55. The number of aromatic nitrogens is 1. The minimum atomic E-state index is -0.610. The highest BCUT2D eigenvalue weighted by atomic mass is 32.1. The van der Waals surface area contributed by atoms with E-state index in [-0.39, 0.29) is 17.5 Å². The zero-order valence-corrected chi connectivity index (χ0v) is 13.0. The van der Waals surface area contributed by atoms with Crippen molar-refractivity contribution in [3.05, 3.63) is 49.5 Å². The average Bonchev–Trinajstić information content (AvgIpc) is 2.75. The quantitative estimate of drug-likeness (QED) is 0.743. The van der Waals surface area contributed by atoms with Gasteiger partial charge in [-0.2, -0.15) is 0 Å². The van der Waals surface area contributed by atoms with Gasteiger partial charge in [0.05, 0.1) is 10.6 Å². The second-order valence-electron chi connectivity index (χ2n) is 5.75. The molecule has 1 aromatic heterocycles. The van der Waals surface area contributed by atoms with Gasteiger partial charge in [-0.1, -0.05) is 42.5 Å². The van der Waals surface area contributed by atoms with E-state index in [1.165, 1.54) is 11.3 Å². The first-order chi connectivity index (χ1) is 10.0. The summed E-state index contributed by atoms with van der Waals surface area (Å²) >= 11 is 1.44. The Morgan fingerprint density at radius 1 is 1.43 bits per heavy atom. The van der Waals surface area contributed by atoms with Crippen molar-refractivity contribution in [1.82, 2.24) is 4.57 Å². The van der Waals surface area contributed by atoms with Crippen LogP contribution in [0.25, 0.3) is 6.08 Å². The van der Waals surface area contributed by atoms with E-state index in [1.54, 1.807) is 0 Å². The number of hydrogen-bond donors (Lipinski definition) is 0. The molecule has 5 heteroatoms. The van der Waals surface area contributed by atoms with Crippen LogP contribution < -0.4 is 19.6 Å². The van der Waals surface area contributed by atoms with Gasteiger partial charge in [0.1, 0.15) is 5.75 Å². The first kappa shape index (κ1) is 12.8. The summed E-state index contributed by atoms with van der Waals surface area (Å²) < 4.78 is 8.74. The van der Waals surface area contributed by atoms with E-state index in [1.807, 2.05) is 48.8 Å². The average molecular weight is 300 g/mol. The molecule has 0 N–H and O–H groups in total. The van der Waals surface area contributed by atoms with Gasteiger partial charge in [-0.25, -0.2) is 4.99 Å². The topological polar surface area (TPSA) is 43.6 Å². The van der Waals surface area contributed by atoms with Crippen LogP contribution >= 0.6 is 11.3 Å². The molecule has 0 amide bonds. The number of fused-ring (bicyclic) bond motifs is 6. The second kappa shape index (κ2) is 4.07. The van der Waals surface area contributed by atoms with Crippen LogP contribution in [-0.2, 0) is 0 Å². The zero-order chi connectivity index (χ0) is 14.8. The lowest BCUT2D eigenvalue weighted by Crippen LogP contribution is -2.54. The third-order valence-corrected chi connectivity index (χ3v) is 5.67. The van der Waals surface area contributed by atoms with Crippen molar-refractivity contribution in [2.75, 3.05) is 0 Å². The monoisotopic (exact) mass is 300 g/mol. The molecule has 3 atom stereocenters. The van der Waals surface area contributed by atoms with Crippen LogP contribution in [-0.4, -0.2) is 10.3 Å². The van der Waals surface area contributed by atoms with Gasteiger partial charge < -0.3 is 4.74 Å². The van der Waals surface area contributed by atoms with Crippen molar-refractivity contribution in [3.63, 3.8) is 0 Å². The van der Waals surface area contributed by atoms with Gasteiger partial charge in [-0.15, -0.1) is 0 Å². The van der Waals surface area contributed by atoms with E-state index in [0.717, 1.165) is 20.6 Å². The molecule has 4 nitrogen and oxygen atoms in total. The Kier molecular flexibility index (Phi) is 2.49. The van der Waals surface area contributed by atoms with Crippen molar-refractivity contribution < 1.29 is 4.74 Å². The van der Waals surface area contributed by atoms with Gasteiger partial charge in [0, 0.05) is 11.5 Å². The Labute approximate surface area is 126 Å². The van der Waals surface area contributed by atoms with E-state index < -0.39 is 5.72 Å². The first-order valence-corrected chi connectivity index (χ1v) is 7.92. The maximum Gasteiger partial charge on any atom is 0.270 e. The molecule has 3 heterocycles. The molecule has 0 aliphatic carbocycles. The van der Waals surface area contributed by atoms with Gasteiger partial charge in [0.2, 0.25) is 5.72 Å². The summed E-state index contributed by atoms with van der Waals surface area (Å²) in [5.74, 6) is 0.939. The highest BCUT2D eigenvalue weighted by molar-refractivity contribution is 7.06. The van der Waals surface area contributed by atoms with Crippen LogP contribution in [0.3, 0.4) is 0 Å². The number of benzene rings is 1. The molecule has 21 heavy (non-hydrogen) atoms. The number of para-hydroxylation sites is 1. The molecule has 0 saturated heterocycles. The van der Waals surface area contributed by atoms with Crippen molar-refractivity contribution in [2.45, 2.75) is 32.5 Å². The van der Waals surface area contributed by atoms with Gasteiger partial charge >= 0.3 is 0 Å². The highest BCUT2D eigenvalue weighted by Crippen LogP contribution is 2.46. The van der Waals surface area contributed by atoms with Gasteiger partial charge in [-0.05, 0) is 19.9 Å². The van der Waals surface area contributed by atoms with Crippen molar-refractivity contribution in [1.29, 1.82) is 0 Å². The number of ether oxygens (including phenoxy) is 1. The Hall–Kier alpha value is -1.88. The molecule has 1 aromatic carbocycles. The molecule has 108 valence electrons. The van der Waals surface area contributed by atoms with Gasteiger partial charge in [0.15, 0.2) is 4.80 Å². The molecule has 0 saturated carbocycles. The summed E-state index contributed by atoms with van der Waals surface area (Å²) in [4.78, 5) is 18.1. The summed E-state index contributed by atoms with van der Waals surface area (Å²) in [5, 5.41) is 0. The molecule has 2 aliphatic heterocycles. The van der Waals surface area contributed by atoms with E-state index in [4.69, 9.17) is 9.73 Å². The summed E-state index contributed by atoms with van der Waals surface area (Å²) in [6, 6.07) is 7.94.